The Labute approximate surface area is 122 Å². The van der Waals surface area contributed by atoms with Crippen LogP contribution in [0.1, 0.15) is 41.8 Å². The average Bonchev–Trinajstić information content (AvgIpc) is 2.84. The van der Waals surface area contributed by atoms with Crippen LogP contribution in [0.25, 0.3) is 0 Å². The monoisotopic (exact) mass is 297 g/mol. The normalized spacial score (nSPS) is 16.3. The highest BCUT2D eigenvalue weighted by Gasteiger charge is 2.18. The molecule has 0 unspecified atom stereocenters. The molecule has 0 saturated carbocycles. The lowest BCUT2D eigenvalue weighted by atomic mass is 10.1. The first-order valence-electron chi connectivity index (χ1n) is 6.90. The van der Waals surface area contributed by atoms with Gasteiger partial charge in [0.1, 0.15) is 5.75 Å². The molecule has 1 aromatic rings. The van der Waals surface area contributed by atoms with E-state index in [1.165, 1.54) is 19.3 Å². The number of ether oxygens (including phenoxy) is 1. The molecule has 5 nitrogen and oxygen atoms in total. The fraction of sp³-hybridized carbons (Fsp3) is 0.571. The number of carbonyl (C=O) groups is 2. The summed E-state index contributed by atoms with van der Waals surface area (Å²) >= 11 is 1.10. The van der Waals surface area contributed by atoms with Crippen molar-refractivity contribution in [3.63, 3.8) is 0 Å². The Morgan fingerprint density at radius 2 is 1.85 bits per heavy atom. The van der Waals surface area contributed by atoms with Crippen molar-refractivity contribution in [2.24, 2.45) is 0 Å². The highest BCUT2D eigenvalue weighted by molar-refractivity contribution is 7.12. The number of hydrogen-bond donors (Lipinski definition) is 1. The summed E-state index contributed by atoms with van der Waals surface area (Å²) in [6.45, 7) is 1.46. The molecule has 1 aliphatic rings. The maximum absolute atomic E-state index is 12.1. The fourth-order valence-corrected chi connectivity index (χ4v) is 2.97. The lowest BCUT2D eigenvalue weighted by molar-refractivity contribution is -0.133. The van der Waals surface area contributed by atoms with Crippen molar-refractivity contribution in [2.45, 2.75) is 32.1 Å². The molecular weight excluding hydrogens is 278 g/mol. The smallest absolute Gasteiger partial charge is 0.349 e. The van der Waals surface area contributed by atoms with Gasteiger partial charge in [-0.3, -0.25) is 4.79 Å². The molecule has 6 heteroatoms. The maximum atomic E-state index is 12.1. The van der Waals surface area contributed by atoms with Gasteiger partial charge >= 0.3 is 5.97 Å². The third-order valence-electron chi connectivity index (χ3n) is 3.38. The maximum Gasteiger partial charge on any atom is 0.349 e. The van der Waals surface area contributed by atoms with Crippen LogP contribution in [0.5, 0.6) is 5.75 Å². The number of carboxylic acid groups (broad SMARTS) is 1. The molecule has 1 amide bonds. The van der Waals surface area contributed by atoms with Gasteiger partial charge in [0.2, 0.25) is 0 Å². The number of aromatic carboxylic acids is 1. The average molecular weight is 297 g/mol. The van der Waals surface area contributed by atoms with Crippen LogP contribution in [0.3, 0.4) is 0 Å². The van der Waals surface area contributed by atoms with E-state index in [9.17, 15) is 9.59 Å². The highest BCUT2D eigenvalue weighted by atomic mass is 32.1. The van der Waals surface area contributed by atoms with Gasteiger partial charge in [0.25, 0.3) is 5.91 Å². The van der Waals surface area contributed by atoms with Gasteiger partial charge in [0, 0.05) is 13.1 Å². The Morgan fingerprint density at radius 3 is 2.50 bits per heavy atom. The Kier molecular flexibility index (Phi) is 5.40. The van der Waals surface area contributed by atoms with E-state index in [0.29, 0.717) is 0 Å². The second-order valence-corrected chi connectivity index (χ2v) is 5.77. The number of nitrogens with zero attached hydrogens (tertiary/aromatic N) is 1. The lowest BCUT2D eigenvalue weighted by Crippen LogP contribution is -2.37. The molecule has 2 rings (SSSR count). The molecular formula is C14H19NO4S. The molecule has 1 fully saturated rings. The van der Waals surface area contributed by atoms with Crippen LogP contribution in [-0.4, -0.2) is 41.6 Å². The van der Waals surface area contributed by atoms with Gasteiger partial charge < -0.3 is 14.7 Å². The summed E-state index contributed by atoms with van der Waals surface area (Å²) in [6.07, 6.45) is 5.64. The van der Waals surface area contributed by atoms with Crippen molar-refractivity contribution in [3.8, 4) is 5.75 Å². The number of thiophene rings is 1. The van der Waals surface area contributed by atoms with Crippen LogP contribution in [0.15, 0.2) is 11.4 Å². The third-order valence-corrected chi connectivity index (χ3v) is 4.27. The predicted molar refractivity (Wildman–Crippen MR) is 76.4 cm³/mol. The van der Waals surface area contributed by atoms with Crippen molar-refractivity contribution in [1.29, 1.82) is 0 Å². The molecule has 1 aromatic heterocycles. The predicted octanol–water partition coefficient (Wildman–Crippen LogP) is 2.62. The molecule has 0 aliphatic carbocycles. The third kappa shape index (κ3) is 3.96. The van der Waals surface area contributed by atoms with Gasteiger partial charge in [-0.15, -0.1) is 11.3 Å². The standard InChI is InChI=1S/C14H19NO4S/c16-12(15-7-4-2-1-3-5-8-15)10-19-11-6-9-20-13(11)14(17)18/h6,9H,1-5,7-8,10H2,(H,17,18). The largest absolute Gasteiger partial charge is 0.482 e. The van der Waals surface area contributed by atoms with E-state index in [-0.39, 0.29) is 23.1 Å². The number of carbonyl (C=O) groups excluding carboxylic acids is 1. The zero-order valence-electron chi connectivity index (χ0n) is 11.3. The molecule has 2 heterocycles. The summed E-state index contributed by atoms with van der Waals surface area (Å²) in [5.74, 6) is -0.800. The topological polar surface area (TPSA) is 66.8 Å². The van der Waals surface area contributed by atoms with E-state index >= 15 is 0 Å². The van der Waals surface area contributed by atoms with E-state index < -0.39 is 5.97 Å². The minimum Gasteiger partial charge on any atom is -0.482 e. The van der Waals surface area contributed by atoms with Crippen molar-refractivity contribution >= 4 is 23.2 Å². The number of carboxylic acids is 1. The molecule has 0 radical (unpaired) electrons. The van der Waals surface area contributed by atoms with Gasteiger partial charge in [-0.25, -0.2) is 4.79 Å². The van der Waals surface area contributed by atoms with Gasteiger partial charge in [0.15, 0.2) is 11.5 Å². The quantitative estimate of drug-likeness (QED) is 0.927. The van der Waals surface area contributed by atoms with Crippen LogP contribution in [0.4, 0.5) is 0 Å². The van der Waals surface area contributed by atoms with Crippen LogP contribution in [0.2, 0.25) is 0 Å². The Balaban J connectivity index is 1.87. The van der Waals surface area contributed by atoms with Crippen LogP contribution >= 0.6 is 11.3 Å². The van der Waals surface area contributed by atoms with E-state index in [1.54, 1.807) is 11.4 Å². The number of amides is 1. The molecule has 110 valence electrons. The lowest BCUT2D eigenvalue weighted by Gasteiger charge is -2.24. The summed E-state index contributed by atoms with van der Waals surface area (Å²) in [7, 11) is 0. The van der Waals surface area contributed by atoms with E-state index in [2.05, 4.69) is 0 Å². The van der Waals surface area contributed by atoms with Crippen LogP contribution < -0.4 is 4.74 Å². The van der Waals surface area contributed by atoms with Crippen molar-refractivity contribution in [3.05, 3.63) is 16.3 Å². The molecule has 0 bridgehead atoms. The Morgan fingerprint density at radius 1 is 1.20 bits per heavy atom. The summed E-state index contributed by atoms with van der Waals surface area (Å²) < 4.78 is 5.36. The van der Waals surface area contributed by atoms with Gasteiger partial charge in [-0.2, -0.15) is 0 Å². The van der Waals surface area contributed by atoms with E-state index in [4.69, 9.17) is 9.84 Å². The Bertz CT molecular complexity index is 463. The van der Waals surface area contributed by atoms with Crippen molar-refractivity contribution < 1.29 is 19.4 Å². The Hall–Kier alpha value is -1.56. The number of likely N-dealkylation sites (tertiary alicyclic amines) is 1. The first-order chi connectivity index (χ1) is 9.68. The van der Waals surface area contributed by atoms with Crippen molar-refractivity contribution in [1.82, 2.24) is 4.90 Å². The van der Waals surface area contributed by atoms with E-state index in [1.807, 2.05) is 4.90 Å². The minimum atomic E-state index is -1.02. The molecule has 0 spiro atoms. The minimum absolute atomic E-state index is 0.0607. The SMILES string of the molecule is O=C(O)c1sccc1OCC(=O)N1CCCCCCC1. The van der Waals surface area contributed by atoms with E-state index in [0.717, 1.165) is 37.3 Å². The summed E-state index contributed by atoms with van der Waals surface area (Å²) in [5, 5.41) is 10.6. The zero-order chi connectivity index (χ0) is 14.4. The molecule has 1 saturated heterocycles. The molecule has 1 aliphatic heterocycles. The fourth-order valence-electron chi connectivity index (χ4n) is 2.29. The van der Waals surface area contributed by atoms with Crippen LogP contribution in [0, 0.1) is 0 Å². The number of hydrogen-bond acceptors (Lipinski definition) is 4. The van der Waals surface area contributed by atoms with Gasteiger partial charge in [0.05, 0.1) is 0 Å². The van der Waals surface area contributed by atoms with Crippen molar-refractivity contribution in [2.75, 3.05) is 19.7 Å². The first-order valence-corrected chi connectivity index (χ1v) is 7.78. The summed E-state index contributed by atoms with van der Waals surface area (Å²) in [6, 6.07) is 1.59. The first kappa shape index (κ1) is 14.8. The summed E-state index contributed by atoms with van der Waals surface area (Å²) in [4.78, 5) is 25.0. The van der Waals surface area contributed by atoms with Crippen LogP contribution in [-0.2, 0) is 4.79 Å². The molecule has 1 N–H and O–H groups in total. The number of rotatable bonds is 4. The van der Waals surface area contributed by atoms with Gasteiger partial charge in [-0.05, 0) is 24.3 Å². The second-order valence-electron chi connectivity index (χ2n) is 4.86. The second kappa shape index (κ2) is 7.28. The molecule has 0 aromatic carbocycles. The summed E-state index contributed by atoms with van der Waals surface area (Å²) in [5.41, 5.74) is 0. The van der Waals surface area contributed by atoms with Gasteiger partial charge in [-0.1, -0.05) is 19.3 Å². The molecule has 20 heavy (non-hydrogen) atoms. The zero-order valence-corrected chi connectivity index (χ0v) is 12.2. The molecule has 0 atom stereocenters. The highest BCUT2D eigenvalue weighted by Crippen LogP contribution is 2.24.